The summed E-state index contributed by atoms with van der Waals surface area (Å²) in [5, 5.41) is 0. The van der Waals surface area contributed by atoms with Gasteiger partial charge in [-0.3, -0.25) is 4.57 Å². The minimum absolute atomic E-state index is 0.655. The Bertz CT molecular complexity index is 169. The monoisotopic (exact) mass is 247 g/mol. The van der Waals surface area contributed by atoms with Gasteiger partial charge < -0.3 is 13.3 Å². The van der Waals surface area contributed by atoms with Crippen LogP contribution in [0.5, 0.6) is 0 Å². The predicted molar refractivity (Wildman–Crippen MR) is 66.1 cm³/mol. The highest BCUT2D eigenvalue weighted by atomic mass is 28.4. The second-order valence-electron chi connectivity index (χ2n) is 3.87. The minimum Gasteiger partial charge on any atom is -0.361 e. The second-order valence-corrected chi connectivity index (χ2v) is 6.42. The van der Waals surface area contributed by atoms with Crippen molar-refractivity contribution in [3.05, 3.63) is 0 Å². The zero-order valence-electron chi connectivity index (χ0n) is 10.8. The van der Waals surface area contributed by atoms with Crippen molar-refractivity contribution in [3.63, 3.8) is 0 Å². The molecule has 5 heteroatoms. The van der Waals surface area contributed by atoms with Gasteiger partial charge in [0, 0.05) is 19.8 Å². The third kappa shape index (κ3) is 3.53. The fourth-order valence-electron chi connectivity index (χ4n) is 2.11. The summed E-state index contributed by atoms with van der Waals surface area (Å²) in [4.78, 5) is 0. The first kappa shape index (κ1) is 14.1. The van der Waals surface area contributed by atoms with Crippen molar-refractivity contribution in [2.24, 2.45) is 0 Å². The van der Waals surface area contributed by atoms with E-state index in [4.69, 9.17) is 13.3 Å². The summed E-state index contributed by atoms with van der Waals surface area (Å²) in [5.41, 5.74) is 0. The highest BCUT2D eigenvalue weighted by Crippen LogP contribution is 2.21. The van der Waals surface area contributed by atoms with Crippen molar-refractivity contribution in [1.82, 2.24) is 4.57 Å². The van der Waals surface area contributed by atoms with Crippen LogP contribution in [0.4, 0.5) is 0 Å². The first-order chi connectivity index (χ1) is 7.79. The van der Waals surface area contributed by atoms with Gasteiger partial charge in [0.25, 0.3) is 0 Å². The van der Waals surface area contributed by atoms with E-state index in [1.807, 2.05) is 20.8 Å². The Kier molecular flexibility index (Phi) is 6.53. The van der Waals surface area contributed by atoms with Crippen LogP contribution in [0, 0.1) is 0 Å². The van der Waals surface area contributed by atoms with E-state index in [0.717, 1.165) is 13.1 Å². The SMILES string of the molecule is CCO[Si](OCC)(OCC)N1CCCCC1. The number of hydrogen-bond donors (Lipinski definition) is 0. The van der Waals surface area contributed by atoms with E-state index in [9.17, 15) is 0 Å². The minimum atomic E-state index is -2.56. The van der Waals surface area contributed by atoms with Gasteiger partial charge in [-0.25, -0.2) is 0 Å². The van der Waals surface area contributed by atoms with Crippen LogP contribution in [-0.4, -0.2) is 46.4 Å². The molecule has 0 aliphatic carbocycles. The van der Waals surface area contributed by atoms with Gasteiger partial charge in [-0.1, -0.05) is 6.42 Å². The zero-order chi connectivity index (χ0) is 11.9. The number of piperidine rings is 1. The highest BCUT2D eigenvalue weighted by Gasteiger charge is 2.48. The molecule has 0 aromatic heterocycles. The van der Waals surface area contributed by atoms with Crippen LogP contribution in [0.15, 0.2) is 0 Å². The first-order valence-electron chi connectivity index (χ1n) is 6.46. The van der Waals surface area contributed by atoms with Crippen LogP contribution in [0.1, 0.15) is 40.0 Å². The maximum absolute atomic E-state index is 5.87. The van der Waals surface area contributed by atoms with E-state index in [2.05, 4.69) is 4.57 Å². The normalized spacial score (nSPS) is 18.9. The number of nitrogens with zero attached hydrogens (tertiary/aromatic N) is 1. The summed E-state index contributed by atoms with van der Waals surface area (Å²) >= 11 is 0. The molecule has 0 bridgehead atoms. The van der Waals surface area contributed by atoms with Gasteiger partial charge in [-0.2, -0.15) is 0 Å². The van der Waals surface area contributed by atoms with E-state index in [0.29, 0.717) is 19.8 Å². The molecule has 0 N–H and O–H groups in total. The summed E-state index contributed by atoms with van der Waals surface area (Å²) in [7, 11) is -2.56. The fraction of sp³-hybridized carbons (Fsp3) is 1.00. The van der Waals surface area contributed by atoms with Crippen LogP contribution in [0.25, 0.3) is 0 Å². The largest absolute Gasteiger partial charge is 0.599 e. The highest BCUT2D eigenvalue weighted by molar-refractivity contribution is 6.57. The molecule has 0 atom stereocenters. The molecular formula is C11H25NO3Si. The molecule has 0 aromatic carbocycles. The van der Waals surface area contributed by atoms with E-state index in [-0.39, 0.29) is 0 Å². The Balaban J connectivity index is 2.70. The third-order valence-corrected chi connectivity index (χ3v) is 5.91. The Hall–Kier alpha value is 0.0569. The lowest BCUT2D eigenvalue weighted by atomic mass is 10.2. The predicted octanol–water partition coefficient (Wildman–Crippen LogP) is 2.02. The molecule has 96 valence electrons. The van der Waals surface area contributed by atoms with Crippen molar-refractivity contribution in [3.8, 4) is 0 Å². The third-order valence-electron chi connectivity index (χ3n) is 2.72. The first-order valence-corrected chi connectivity index (χ1v) is 8.13. The molecule has 1 heterocycles. The van der Waals surface area contributed by atoms with Gasteiger partial charge in [0.15, 0.2) is 0 Å². The van der Waals surface area contributed by atoms with Crippen LogP contribution in [0.3, 0.4) is 0 Å². The maximum Gasteiger partial charge on any atom is 0.599 e. The molecule has 0 radical (unpaired) electrons. The van der Waals surface area contributed by atoms with Gasteiger partial charge in [0.2, 0.25) is 0 Å². The van der Waals surface area contributed by atoms with Gasteiger partial charge in [-0.05, 0) is 46.7 Å². The number of hydrogen-bond acceptors (Lipinski definition) is 4. The lowest BCUT2D eigenvalue weighted by Crippen LogP contribution is -2.62. The molecular weight excluding hydrogens is 222 g/mol. The van der Waals surface area contributed by atoms with Crippen LogP contribution >= 0.6 is 0 Å². The molecule has 0 aromatic rings. The Morgan fingerprint density at radius 2 is 1.25 bits per heavy atom. The standard InChI is InChI=1S/C11H25NO3Si/c1-4-13-16(14-5-2,15-6-3)12-10-8-7-9-11-12/h4-11H2,1-3H3. The average molecular weight is 247 g/mol. The quantitative estimate of drug-likeness (QED) is 0.644. The molecule has 1 saturated heterocycles. The van der Waals surface area contributed by atoms with Crippen molar-refractivity contribution in [2.75, 3.05) is 32.9 Å². The second kappa shape index (κ2) is 7.40. The summed E-state index contributed by atoms with van der Waals surface area (Å²) < 4.78 is 19.9. The molecule has 1 rings (SSSR count). The molecule has 1 fully saturated rings. The van der Waals surface area contributed by atoms with E-state index in [1.165, 1.54) is 19.3 Å². The zero-order valence-corrected chi connectivity index (χ0v) is 11.8. The van der Waals surface area contributed by atoms with Gasteiger partial charge in [0.05, 0.1) is 0 Å². The van der Waals surface area contributed by atoms with Crippen LogP contribution in [-0.2, 0) is 13.3 Å². The van der Waals surface area contributed by atoms with E-state index >= 15 is 0 Å². The number of rotatable bonds is 7. The Morgan fingerprint density at radius 3 is 1.62 bits per heavy atom. The molecule has 0 spiro atoms. The van der Waals surface area contributed by atoms with Crippen molar-refractivity contribution >= 4 is 8.97 Å². The van der Waals surface area contributed by atoms with E-state index in [1.54, 1.807) is 0 Å². The molecule has 0 saturated carbocycles. The molecule has 1 aliphatic heterocycles. The molecule has 16 heavy (non-hydrogen) atoms. The van der Waals surface area contributed by atoms with E-state index < -0.39 is 8.97 Å². The lowest BCUT2D eigenvalue weighted by Gasteiger charge is -2.39. The van der Waals surface area contributed by atoms with Crippen molar-refractivity contribution in [2.45, 2.75) is 40.0 Å². The van der Waals surface area contributed by atoms with Crippen LogP contribution in [0.2, 0.25) is 0 Å². The molecule has 1 aliphatic rings. The smallest absolute Gasteiger partial charge is 0.361 e. The Morgan fingerprint density at radius 1 is 0.812 bits per heavy atom. The average Bonchev–Trinajstić information content (AvgIpc) is 2.31. The summed E-state index contributed by atoms with van der Waals surface area (Å²) in [5.74, 6) is 0. The topological polar surface area (TPSA) is 30.9 Å². The van der Waals surface area contributed by atoms with Crippen LogP contribution < -0.4 is 0 Å². The maximum atomic E-state index is 5.87. The molecule has 0 unspecified atom stereocenters. The molecule has 0 amide bonds. The Labute approximate surface area is 100 Å². The summed E-state index contributed by atoms with van der Waals surface area (Å²) in [6.07, 6.45) is 3.76. The van der Waals surface area contributed by atoms with Crippen molar-refractivity contribution in [1.29, 1.82) is 0 Å². The van der Waals surface area contributed by atoms with Crippen molar-refractivity contribution < 1.29 is 13.3 Å². The summed E-state index contributed by atoms with van der Waals surface area (Å²) in [6.45, 7) is 10.1. The molecule has 4 nitrogen and oxygen atoms in total. The van der Waals surface area contributed by atoms with Gasteiger partial charge in [0.1, 0.15) is 0 Å². The van der Waals surface area contributed by atoms with Gasteiger partial charge >= 0.3 is 8.97 Å². The van der Waals surface area contributed by atoms with Gasteiger partial charge in [-0.15, -0.1) is 0 Å². The fourth-order valence-corrected chi connectivity index (χ4v) is 4.87. The lowest BCUT2D eigenvalue weighted by molar-refractivity contribution is 0.0118. The summed E-state index contributed by atoms with van der Waals surface area (Å²) in [6, 6.07) is 0.